The highest BCUT2D eigenvalue weighted by Gasteiger charge is 2.31. The standard InChI is InChI=1S/C17H18F3N3O2/c1-25-14-11-23(13-7-5-6-12(10-13)17(18,19)20)21-15(14)16(24)22-8-3-2-4-9-22/h5-7,10-11H,2-4,8-9H2,1H3. The van der Waals surface area contributed by atoms with E-state index < -0.39 is 11.7 Å². The van der Waals surface area contributed by atoms with Crippen molar-refractivity contribution in [2.75, 3.05) is 20.2 Å². The van der Waals surface area contributed by atoms with Gasteiger partial charge >= 0.3 is 6.18 Å². The van der Waals surface area contributed by atoms with Crippen molar-refractivity contribution in [2.45, 2.75) is 25.4 Å². The Hall–Kier alpha value is -2.51. The van der Waals surface area contributed by atoms with Gasteiger partial charge in [-0.2, -0.15) is 18.3 Å². The maximum Gasteiger partial charge on any atom is 0.416 e. The topological polar surface area (TPSA) is 47.4 Å². The molecule has 0 saturated carbocycles. The highest BCUT2D eigenvalue weighted by atomic mass is 19.4. The summed E-state index contributed by atoms with van der Waals surface area (Å²) in [4.78, 5) is 14.3. The fourth-order valence-electron chi connectivity index (χ4n) is 2.86. The quantitative estimate of drug-likeness (QED) is 0.848. The van der Waals surface area contributed by atoms with E-state index in [0.29, 0.717) is 13.1 Å². The van der Waals surface area contributed by atoms with Gasteiger partial charge in [0, 0.05) is 13.1 Å². The third-order valence-corrected chi connectivity index (χ3v) is 4.18. The monoisotopic (exact) mass is 353 g/mol. The molecule has 0 spiro atoms. The summed E-state index contributed by atoms with van der Waals surface area (Å²) in [7, 11) is 1.40. The van der Waals surface area contributed by atoms with Crippen LogP contribution in [0.4, 0.5) is 13.2 Å². The molecule has 1 aromatic carbocycles. The normalized spacial score (nSPS) is 15.3. The number of benzene rings is 1. The molecule has 2 heterocycles. The van der Waals surface area contributed by atoms with Gasteiger partial charge in [0.25, 0.3) is 5.91 Å². The van der Waals surface area contributed by atoms with Crippen LogP contribution in [0.25, 0.3) is 5.69 Å². The van der Waals surface area contributed by atoms with Crippen molar-refractivity contribution >= 4 is 5.91 Å². The Labute approximate surface area is 143 Å². The number of hydrogen-bond acceptors (Lipinski definition) is 3. The van der Waals surface area contributed by atoms with Gasteiger partial charge in [0.05, 0.1) is 24.6 Å². The number of ether oxygens (including phenoxy) is 1. The number of amides is 1. The lowest BCUT2D eigenvalue weighted by Crippen LogP contribution is -2.36. The summed E-state index contributed by atoms with van der Waals surface area (Å²) in [6.07, 6.45) is -0.0727. The maximum absolute atomic E-state index is 12.9. The highest BCUT2D eigenvalue weighted by molar-refractivity contribution is 5.95. The SMILES string of the molecule is COc1cn(-c2cccc(C(F)(F)F)c2)nc1C(=O)N1CCCCC1. The van der Waals surface area contributed by atoms with Crippen LogP contribution in [0.15, 0.2) is 30.5 Å². The molecule has 0 bridgehead atoms. The average molecular weight is 353 g/mol. The van der Waals surface area contributed by atoms with Gasteiger partial charge in [0.15, 0.2) is 11.4 Å². The lowest BCUT2D eigenvalue weighted by atomic mass is 10.1. The van der Waals surface area contributed by atoms with E-state index in [4.69, 9.17) is 4.74 Å². The number of carbonyl (C=O) groups is 1. The number of likely N-dealkylation sites (tertiary alicyclic amines) is 1. The first-order chi connectivity index (χ1) is 11.9. The van der Waals surface area contributed by atoms with E-state index in [1.165, 1.54) is 30.1 Å². The van der Waals surface area contributed by atoms with E-state index in [-0.39, 0.29) is 23.0 Å². The first kappa shape index (κ1) is 17.3. The van der Waals surface area contributed by atoms with Crippen LogP contribution in [0.5, 0.6) is 5.75 Å². The molecule has 0 unspecified atom stereocenters. The van der Waals surface area contributed by atoms with Crippen LogP contribution in [0, 0.1) is 0 Å². The van der Waals surface area contributed by atoms with E-state index in [2.05, 4.69) is 5.10 Å². The van der Waals surface area contributed by atoms with E-state index in [0.717, 1.165) is 31.4 Å². The fraction of sp³-hybridized carbons (Fsp3) is 0.412. The lowest BCUT2D eigenvalue weighted by Gasteiger charge is -2.26. The van der Waals surface area contributed by atoms with Gasteiger partial charge in [-0.25, -0.2) is 4.68 Å². The van der Waals surface area contributed by atoms with Gasteiger partial charge in [-0.1, -0.05) is 6.07 Å². The minimum absolute atomic E-state index is 0.113. The van der Waals surface area contributed by atoms with E-state index in [1.54, 1.807) is 4.90 Å². The molecule has 1 amide bonds. The number of halogens is 3. The zero-order valence-electron chi connectivity index (χ0n) is 13.7. The third-order valence-electron chi connectivity index (χ3n) is 4.18. The van der Waals surface area contributed by atoms with Crippen LogP contribution in [0.1, 0.15) is 35.3 Å². The van der Waals surface area contributed by atoms with Crippen molar-refractivity contribution < 1.29 is 22.7 Å². The second kappa shape index (κ2) is 6.78. The molecular weight excluding hydrogens is 335 g/mol. The molecule has 1 aliphatic rings. The number of nitrogens with zero attached hydrogens (tertiary/aromatic N) is 3. The Morgan fingerprint density at radius 1 is 1.20 bits per heavy atom. The summed E-state index contributed by atoms with van der Waals surface area (Å²) in [5.41, 5.74) is -0.448. The van der Waals surface area contributed by atoms with Crippen molar-refractivity contribution in [3.8, 4) is 11.4 Å². The van der Waals surface area contributed by atoms with Gasteiger partial charge in [0.1, 0.15) is 0 Å². The van der Waals surface area contributed by atoms with Gasteiger partial charge in [-0.3, -0.25) is 4.79 Å². The average Bonchev–Trinajstić information content (AvgIpc) is 3.05. The Balaban J connectivity index is 1.94. The molecule has 2 aromatic rings. The minimum atomic E-state index is -4.44. The number of alkyl halides is 3. The zero-order valence-corrected chi connectivity index (χ0v) is 13.7. The second-order valence-corrected chi connectivity index (χ2v) is 5.89. The Morgan fingerprint density at radius 3 is 2.56 bits per heavy atom. The molecule has 1 fully saturated rings. The Kier molecular flexibility index (Phi) is 4.69. The smallest absolute Gasteiger partial charge is 0.416 e. The van der Waals surface area contributed by atoms with Crippen molar-refractivity contribution in [3.63, 3.8) is 0 Å². The lowest BCUT2D eigenvalue weighted by molar-refractivity contribution is -0.137. The molecule has 1 aromatic heterocycles. The molecule has 1 aliphatic heterocycles. The van der Waals surface area contributed by atoms with Crippen LogP contribution in [-0.4, -0.2) is 40.8 Å². The Morgan fingerprint density at radius 2 is 1.92 bits per heavy atom. The van der Waals surface area contributed by atoms with Gasteiger partial charge in [-0.15, -0.1) is 0 Å². The predicted octanol–water partition coefficient (Wildman–Crippen LogP) is 3.53. The van der Waals surface area contributed by atoms with Crippen LogP contribution in [0.3, 0.4) is 0 Å². The number of carbonyl (C=O) groups excluding carboxylic acids is 1. The van der Waals surface area contributed by atoms with Crippen LogP contribution < -0.4 is 4.74 Å². The third kappa shape index (κ3) is 3.62. The molecule has 0 N–H and O–H groups in total. The number of piperidine rings is 1. The molecule has 8 heteroatoms. The molecule has 0 radical (unpaired) electrons. The van der Waals surface area contributed by atoms with Crippen LogP contribution >= 0.6 is 0 Å². The maximum atomic E-state index is 12.9. The van der Waals surface area contributed by atoms with Crippen LogP contribution in [0.2, 0.25) is 0 Å². The van der Waals surface area contributed by atoms with E-state index in [1.807, 2.05) is 0 Å². The number of aromatic nitrogens is 2. The van der Waals surface area contributed by atoms with Crippen molar-refractivity contribution in [2.24, 2.45) is 0 Å². The molecular formula is C17H18F3N3O2. The number of hydrogen-bond donors (Lipinski definition) is 0. The molecule has 5 nitrogen and oxygen atoms in total. The largest absolute Gasteiger partial charge is 0.493 e. The summed E-state index contributed by atoms with van der Waals surface area (Å²) in [6.45, 7) is 1.30. The molecule has 0 atom stereocenters. The molecule has 0 aliphatic carbocycles. The summed E-state index contributed by atoms with van der Waals surface area (Å²) in [6, 6.07) is 4.78. The second-order valence-electron chi connectivity index (χ2n) is 5.89. The highest BCUT2D eigenvalue weighted by Crippen LogP contribution is 2.31. The summed E-state index contributed by atoms with van der Waals surface area (Å²) < 4.78 is 45.1. The van der Waals surface area contributed by atoms with E-state index >= 15 is 0 Å². The van der Waals surface area contributed by atoms with Crippen LogP contribution in [-0.2, 0) is 6.18 Å². The first-order valence-electron chi connectivity index (χ1n) is 8.00. The molecule has 3 rings (SSSR count). The summed E-state index contributed by atoms with van der Waals surface area (Å²) >= 11 is 0. The Bertz CT molecular complexity index is 765. The number of rotatable bonds is 3. The van der Waals surface area contributed by atoms with Gasteiger partial charge in [-0.05, 0) is 37.5 Å². The summed E-state index contributed by atoms with van der Waals surface area (Å²) in [5, 5.41) is 4.18. The molecule has 25 heavy (non-hydrogen) atoms. The van der Waals surface area contributed by atoms with Crippen molar-refractivity contribution in [1.29, 1.82) is 0 Å². The van der Waals surface area contributed by atoms with Gasteiger partial charge < -0.3 is 9.64 Å². The van der Waals surface area contributed by atoms with E-state index in [9.17, 15) is 18.0 Å². The number of methoxy groups -OCH3 is 1. The molecule has 1 saturated heterocycles. The fourth-order valence-corrected chi connectivity index (χ4v) is 2.86. The zero-order chi connectivity index (χ0) is 18.0. The van der Waals surface area contributed by atoms with Crippen molar-refractivity contribution in [3.05, 3.63) is 41.7 Å². The van der Waals surface area contributed by atoms with Gasteiger partial charge in [0.2, 0.25) is 0 Å². The predicted molar refractivity (Wildman–Crippen MR) is 84.9 cm³/mol. The molecule has 134 valence electrons. The first-order valence-corrected chi connectivity index (χ1v) is 8.00. The minimum Gasteiger partial charge on any atom is -0.493 e. The summed E-state index contributed by atoms with van der Waals surface area (Å²) in [5.74, 6) is -0.0183. The van der Waals surface area contributed by atoms with Crippen molar-refractivity contribution in [1.82, 2.24) is 14.7 Å².